The van der Waals surface area contributed by atoms with Crippen molar-refractivity contribution in [3.63, 3.8) is 0 Å². The summed E-state index contributed by atoms with van der Waals surface area (Å²) in [6, 6.07) is 6.31. The van der Waals surface area contributed by atoms with Crippen LogP contribution in [0.1, 0.15) is 24.9 Å². The van der Waals surface area contributed by atoms with Crippen LogP contribution in [0, 0.1) is 0 Å². The normalized spacial score (nSPS) is 28.4. The molecule has 2 aliphatic rings. The third-order valence-corrected chi connectivity index (χ3v) is 4.40. The van der Waals surface area contributed by atoms with Gasteiger partial charge in [0.05, 0.1) is 12.1 Å². The third-order valence-electron chi connectivity index (χ3n) is 4.40. The number of amides is 1. The molecular formula is C15H21N3O2. The van der Waals surface area contributed by atoms with Crippen molar-refractivity contribution in [3.05, 3.63) is 23.8 Å². The van der Waals surface area contributed by atoms with Crippen LogP contribution >= 0.6 is 0 Å². The van der Waals surface area contributed by atoms with E-state index in [1.54, 1.807) is 7.05 Å². The van der Waals surface area contributed by atoms with E-state index in [0.29, 0.717) is 6.04 Å². The van der Waals surface area contributed by atoms with Gasteiger partial charge in [0.25, 0.3) is 0 Å². The number of nitrogens with zero attached hydrogens (tertiary/aromatic N) is 1. The Morgan fingerprint density at radius 1 is 1.45 bits per heavy atom. The van der Waals surface area contributed by atoms with E-state index in [9.17, 15) is 4.79 Å². The molecule has 0 bridgehead atoms. The molecule has 0 aromatic heterocycles. The summed E-state index contributed by atoms with van der Waals surface area (Å²) in [5, 5.41) is 5.97. The summed E-state index contributed by atoms with van der Waals surface area (Å²) < 4.78 is 5.63. The van der Waals surface area contributed by atoms with E-state index in [4.69, 9.17) is 4.74 Å². The van der Waals surface area contributed by atoms with Gasteiger partial charge in [0.15, 0.2) is 0 Å². The molecule has 1 amide bonds. The number of anilines is 2. The molecule has 0 saturated carbocycles. The zero-order chi connectivity index (χ0) is 14.3. The van der Waals surface area contributed by atoms with Crippen molar-refractivity contribution in [2.24, 2.45) is 0 Å². The monoisotopic (exact) mass is 275 g/mol. The van der Waals surface area contributed by atoms with Gasteiger partial charge in [-0.2, -0.15) is 0 Å². The van der Waals surface area contributed by atoms with E-state index in [0.717, 1.165) is 30.0 Å². The van der Waals surface area contributed by atoms with Crippen molar-refractivity contribution < 1.29 is 9.53 Å². The van der Waals surface area contributed by atoms with Gasteiger partial charge >= 0.3 is 0 Å². The van der Waals surface area contributed by atoms with E-state index in [2.05, 4.69) is 41.6 Å². The Morgan fingerprint density at radius 2 is 2.25 bits per heavy atom. The highest BCUT2D eigenvalue weighted by atomic mass is 16.5. The molecule has 3 rings (SSSR count). The lowest BCUT2D eigenvalue weighted by Gasteiger charge is -2.29. The van der Waals surface area contributed by atoms with Crippen LogP contribution < -0.4 is 15.5 Å². The van der Waals surface area contributed by atoms with Gasteiger partial charge in [-0.15, -0.1) is 0 Å². The molecule has 3 atom stereocenters. The average Bonchev–Trinajstić information content (AvgIpc) is 2.99. The first-order valence-electron chi connectivity index (χ1n) is 7.08. The Labute approximate surface area is 119 Å². The second-order valence-electron chi connectivity index (χ2n) is 5.53. The topological polar surface area (TPSA) is 53.6 Å². The Hall–Kier alpha value is -1.59. The number of carbonyl (C=O) groups is 1. The fraction of sp³-hybridized carbons (Fsp3) is 0.533. The van der Waals surface area contributed by atoms with Crippen LogP contribution in [0.15, 0.2) is 18.2 Å². The maximum absolute atomic E-state index is 11.8. The summed E-state index contributed by atoms with van der Waals surface area (Å²) in [6.07, 6.45) is 1.29. The zero-order valence-corrected chi connectivity index (χ0v) is 12.1. The zero-order valence-electron chi connectivity index (χ0n) is 12.1. The third kappa shape index (κ3) is 2.07. The summed E-state index contributed by atoms with van der Waals surface area (Å²) in [4.78, 5) is 14.1. The van der Waals surface area contributed by atoms with Crippen LogP contribution in [0.5, 0.6) is 0 Å². The quantitative estimate of drug-likeness (QED) is 0.878. The van der Waals surface area contributed by atoms with E-state index in [1.165, 1.54) is 0 Å². The Balaban J connectivity index is 1.86. The van der Waals surface area contributed by atoms with Gasteiger partial charge in [-0.3, -0.25) is 4.79 Å². The summed E-state index contributed by atoms with van der Waals surface area (Å²) in [5.41, 5.74) is 3.04. The molecule has 0 radical (unpaired) electrons. The van der Waals surface area contributed by atoms with E-state index in [1.807, 2.05) is 6.07 Å². The standard InChI is InChI=1S/C15H21N3O2/c1-9-13(6-7-20-9)18(3)10-4-5-11-12(8-10)17-15(19)14(11)16-2/h4-5,8-9,13-14,16H,6-7H2,1-3H3,(H,17,19). The molecule has 5 heteroatoms. The minimum absolute atomic E-state index is 0.0138. The molecule has 0 spiro atoms. The number of fused-ring (bicyclic) bond motifs is 1. The average molecular weight is 275 g/mol. The van der Waals surface area contributed by atoms with Crippen LogP contribution in [0.25, 0.3) is 0 Å². The summed E-state index contributed by atoms with van der Waals surface area (Å²) in [5.74, 6) is 0.0138. The minimum atomic E-state index is -0.238. The number of carbonyl (C=O) groups excluding carboxylic acids is 1. The molecule has 0 aliphatic carbocycles. The van der Waals surface area contributed by atoms with Crippen LogP contribution in [0.4, 0.5) is 11.4 Å². The van der Waals surface area contributed by atoms with Gasteiger partial charge in [-0.25, -0.2) is 0 Å². The van der Waals surface area contributed by atoms with Crippen molar-refractivity contribution in [1.82, 2.24) is 5.32 Å². The van der Waals surface area contributed by atoms with E-state index in [-0.39, 0.29) is 18.1 Å². The number of rotatable bonds is 3. The number of ether oxygens (including phenoxy) is 1. The number of likely N-dealkylation sites (N-methyl/N-ethyl adjacent to an activating group) is 2. The first-order chi connectivity index (χ1) is 9.61. The van der Waals surface area contributed by atoms with Crippen molar-refractivity contribution in [3.8, 4) is 0 Å². The minimum Gasteiger partial charge on any atom is -0.376 e. The lowest BCUT2D eigenvalue weighted by Crippen LogP contribution is -2.36. The Morgan fingerprint density at radius 3 is 2.90 bits per heavy atom. The van der Waals surface area contributed by atoms with Crippen molar-refractivity contribution in [2.75, 3.05) is 30.9 Å². The van der Waals surface area contributed by atoms with Crippen molar-refractivity contribution in [2.45, 2.75) is 31.5 Å². The summed E-state index contributed by atoms with van der Waals surface area (Å²) in [6.45, 7) is 2.93. The summed E-state index contributed by atoms with van der Waals surface area (Å²) in [7, 11) is 3.89. The Kier molecular flexibility index (Phi) is 3.40. The van der Waals surface area contributed by atoms with Crippen LogP contribution in [-0.4, -0.2) is 38.8 Å². The lowest BCUT2D eigenvalue weighted by molar-refractivity contribution is -0.117. The van der Waals surface area contributed by atoms with Crippen molar-refractivity contribution in [1.29, 1.82) is 0 Å². The fourth-order valence-corrected chi connectivity index (χ4v) is 3.18. The molecule has 5 nitrogen and oxygen atoms in total. The number of hydrogen-bond donors (Lipinski definition) is 2. The predicted molar refractivity (Wildman–Crippen MR) is 79.1 cm³/mol. The number of nitrogens with one attached hydrogen (secondary N) is 2. The molecule has 2 aliphatic heterocycles. The lowest BCUT2D eigenvalue weighted by atomic mass is 10.1. The molecule has 2 N–H and O–H groups in total. The summed E-state index contributed by atoms with van der Waals surface area (Å²) >= 11 is 0. The maximum Gasteiger partial charge on any atom is 0.246 e. The van der Waals surface area contributed by atoms with Crippen LogP contribution in [0.2, 0.25) is 0 Å². The molecule has 20 heavy (non-hydrogen) atoms. The molecule has 1 saturated heterocycles. The highest BCUT2D eigenvalue weighted by Crippen LogP contribution is 2.35. The molecule has 3 unspecified atom stereocenters. The molecular weight excluding hydrogens is 254 g/mol. The smallest absolute Gasteiger partial charge is 0.246 e. The Bertz CT molecular complexity index is 532. The van der Waals surface area contributed by atoms with Gasteiger partial charge in [-0.1, -0.05) is 6.07 Å². The van der Waals surface area contributed by atoms with Gasteiger partial charge in [0, 0.05) is 30.6 Å². The fourth-order valence-electron chi connectivity index (χ4n) is 3.18. The van der Waals surface area contributed by atoms with Crippen molar-refractivity contribution >= 4 is 17.3 Å². The van der Waals surface area contributed by atoms with Gasteiger partial charge in [0.1, 0.15) is 6.04 Å². The van der Waals surface area contributed by atoms with E-state index < -0.39 is 0 Å². The van der Waals surface area contributed by atoms with Crippen LogP contribution in [-0.2, 0) is 9.53 Å². The van der Waals surface area contributed by atoms with Crippen LogP contribution in [0.3, 0.4) is 0 Å². The van der Waals surface area contributed by atoms with Gasteiger partial charge in [-0.05, 0) is 32.5 Å². The van der Waals surface area contributed by atoms with E-state index >= 15 is 0 Å². The van der Waals surface area contributed by atoms with Gasteiger partial charge in [0.2, 0.25) is 5.91 Å². The molecule has 1 fully saturated rings. The van der Waals surface area contributed by atoms with Gasteiger partial charge < -0.3 is 20.3 Å². The highest BCUT2D eigenvalue weighted by molar-refractivity contribution is 6.03. The second-order valence-corrected chi connectivity index (χ2v) is 5.53. The SMILES string of the molecule is CNC1C(=O)Nc2cc(N(C)C3CCOC3C)ccc21. The molecule has 108 valence electrons. The second kappa shape index (κ2) is 5.07. The molecule has 1 aromatic rings. The first-order valence-corrected chi connectivity index (χ1v) is 7.08. The molecule has 1 aromatic carbocycles. The maximum atomic E-state index is 11.8. The molecule has 2 heterocycles. The number of benzene rings is 1. The largest absolute Gasteiger partial charge is 0.376 e. The predicted octanol–water partition coefficient (Wildman–Crippen LogP) is 1.51. The number of hydrogen-bond acceptors (Lipinski definition) is 4. The first kappa shape index (κ1) is 13.4. The highest BCUT2D eigenvalue weighted by Gasteiger charge is 2.31.